The highest BCUT2D eigenvalue weighted by Crippen LogP contribution is 2.13. The largest absolute Gasteiger partial charge is 0.490 e. The van der Waals surface area contributed by atoms with Crippen molar-refractivity contribution in [3.8, 4) is 0 Å². The molecule has 0 spiro atoms. The zero-order valence-corrected chi connectivity index (χ0v) is 7.59. The second-order valence-corrected chi connectivity index (χ2v) is 2.09. The maximum atomic E-state index is 10.6. The first-order chi connectivity index (χ1) is 5.21. The summed E-state index contributed by atoms with van der Waals surface area (Å²) < 4.78 is 31.9. The molecule has 0 aromatic heterocycles. The van der Waals surface area contributed by atoms with E-state index in [1.165, 1.54) is 0 Å². The lowest BCUT2D eigenvalue weighted by Crippen LogP contribution is -2.21. The molecule has 0 radical (unpaired) electrons. The zero-order valence-electron chi connectivity index (χ0n) is 5.43. The summed E-state index contributed by atoms with van der Waals surface area (Å²) in [5.74, 6) is -3.52. The minimum absolute atomic E-state index is 0.192. The minimum Gasteiger partial charge on any atom is -0.481 e. The molecule has 0 aliphatic heterocycles. The number of hydrogen-bond donors (Lipinski definition) is 2. The minimum atomic E-state index is -5.08. The van der Waals surface area contributed by atoms with Crippen LogP contribution in [-0.4, -0.2) is 32.8 Å². The van der Waals surface area contributed by atoms with Crippen LogP contribution in [0, 0.1) is 0 Å². The maximum Gasteiger partial charge on any atom is 0.490 e. The van der Waals surface area contributed by atoms with E-state index in [9.17, 15) is 18.0 Å². The van der Waals surface area contributed by atoms with Crippen molar-refractivity contribution in [1.82, 2.24) is 0 Å². The van der Waals surface area contributed by atoms with Crippen LogP contribution in [0.3, 0.4) is 0 Å². The number of hydrogen-bond acceptors (Lipinski definition) is 2. The Morgan fingerprint density at radius 2 is 1.42 bits per heavy atom. The molecule has 0 fully saturated rings. The number of carboxylic acids is 2. The van der Waals surface area contributed by atoms with Gasteiger partial charge in [0.25, 0.3) is 0 Å². The van der Waals surface area contributed by atoms with Crippen LogP contribution in [-0.2, 0) is 9.59 Å². The summed E-state index contributed by atoms with van der Waals surface area (Å²) in [7, 11) is 0. The second-order valence-electron chi connectivity index (χ2n) is 1.33. The molecule has 0 saturated carbocycles. The van der Waals surface area contributed by atoms with Crippen LogP contribution < -0.4 is 0 Å². The van der Waals surface area contributed by atoms with Gasteiger partial charge in [0, 0.05) is 0 Å². The molecule has 0 atom stereocenters. The van der Waals surface area contributed by atoms with Crippen LogP contribution in [0.1, 0.15) is 0 Å². The van der Waals surface area contributed by atoms with E-state index in [4.69, 9.17) is 15.0 Å². The van der Waals surface area contributed by atoms with Gasteiger partial charge < -0.3 is 10.2 Å². The van der Waals surface area contributed by atoms with Crippen molar-refractivity contribution < 1.29 is 33.0 Å². The molecule has 0 aliphatic rings. The maximum absolute atomic E-state index is 10.6. The number of carbonyl (C=O) groups is 2. The lowest BCUT2D eigenvalue weighted by atomic mass is 10.7. The highest BCUT2D eigenvalue weighted by molar-refractivity contribution is 14.1. The van der Waals surface area contributed by atoms with Crippen molar-refractivity contribution in [1.29, 1.82) is 0 Å². The van der Waals surface area contributed by atoms with Gasteiger partial charge in [-0.1, -0.05) is 22.6 Å². The van der Waals surface area contributed by atoms with Crippen LogP contribution in [0.4, 0.5) is 13.2 Å². The number of alkyl halides is 4. The SMILES string of the molecule is O=C(O)C(F)(F)F.O=C(O)CI. The molecule has 0 aromatic rings. The van der Waals surface area contributed by atoms with Crippen LogP contribution in [0.2, 0.25) is 0 Å². The molecule has 8 heteroatoms. The van der Waals surface area contributed by atoms with E-state index in [0.29, 0.717) is 0 Å². The first kappa shape index (κ1) is 14.0. The predicted molar refractivity (Wildman–Crippen MR) is 40.2 cm³/mol. The Morgan fingerprint density at radius 1 is 1.25 bits per heavy atom. The van der Waals surface area contributed by atoms with Gasteiger partial charge in [-0.25, -0.2) is 4.79 Å². The van der Waals surface area contributed by atoms with E-state index in [1.807, 2.05) is 0 Å². The summed E-state index contributed by atoms with van der Waals surface area (Å²) in [5.41, 5.74) is 0. The van der Waals surface area contributed by atoms with E-state index in [0.717, 1.165) is 0 Å². The summed E-state index contributed by atoms with van der Waals surface area (Å²) in [5, 5.41) is 14.8. The van der Waals surface area contributed by atoms with Crippen LogP contribution in [0.15, 0.2) is 0 Å². The molecular weight excluding hydrogens is 296 g/mol. The average molecular weight is 300 g/mol. The molecule has 72 valence electrons. The van der Waals surface area contributed by atoms with Crippen LogP contribution >= 0.6 is 22.6 Å². The Bertz CT molecular complexity index is 166. The third kappa shape index (κ3) is 12.2. The molecule has 0 aliphatic carbocycles. The fourth-order valence-electron chi connectivity index (χ4n) is 0. The molecule has 12 heavy (non-hydrogen) atoms. The molecule has 2 N–H and O–H groups in total. The number of rotatable bonds is 1. The molecule has 0 heterocycles. The van der Waals surface area contributed by atoms with Crippen molar-refractivity contribution in [2.45, 2.75) is 6.18 Å². The lowest BCUT2D eigenvalue weighted by molar-refractivity contribution is -0.192. The molecule has 0 amide bonds. The first-order valence-electron chi connectivity index (χ1n) is 2.29. The van der Waals surface area contributed by atoms with Gasteiger partial charge >= 0.3 is 18.1 Å². The standard InChI is InChI=1S/C2HF3O2.C2H3IO2/c3-2(4,5)1(6)7;3-1-2(4)5/h(H,6,7);1H2,(H,4,5). The molecule has 0 rings (SSSR count). The summed E-state index contributed by atoms with van der Waals surface area (Å²) in [6.45, 7) is 0. The monoisotopic (exact) mass is 300 g/mol. The van der Waals surface area contributed by atoms with E-state index >= 15 is 0 Å². The third-order valence-corrected chi connectivity index (χ3v) is 1.01. The van der Waals surface area contributed by atoms with E-state index < -0.39 is 18.1 Å². The van der Waals surface area contributed by atoms with Gasteiger partial charge in [-0.2, -0.15) is 13.2 Å². The summed E-state index contributed by atoms with van der Waals surface area (Å²) in [6.07, 6.45) is -5.08. The van der Waals surface area contributed by atoms with Gasteiger partial charge in [0.05, 0.1) is 4.43 Å². The quantitative estimate of drug-likeness (QED) is 0.562. The number of carboxylic acid groups (broad SMARTS) is 2. The Morgan fingerprint density at radius 3 is 1.42 bits per heavy atom. The zero-order chi connectivity index (χ0) is 10.4. The van der Waals surface area contributed by atoms with Crippen molar-refractivity contribution in [2.24, 2.45) is 0 Å². The van der Waals surface area contributed by atoms with E-state index in [1.54, 1.807) is 22.6 Å². The molecule has 0 bridgehead atoms. The molecule has 0 aromatic carbocycles. The van der Waals surface area contributed by atoms with Crippen LogP contribution in [0.25, 0.3) is 0 Å². The Hall–Kier alpha value is -0.540. The first-order valence-corrected chi connectivity index (χ1v) is 3.82. The summed E-state index contributed by atoms with van der Waals surface area (Å²) in [4.78, 5) is 18.3. The normalized spacial score (nSPS) is 9.67. The van der Waals surface area contributed by atoms with Crippen molar-refractivity contribution in [3.63, 3.8) is 0 Å². The molecule has 0 unspecified atom stereocenters. The van der Waals surface area contributed by atoms with Gasteiger partial charge in [-0.3, -0.25) is 4.79 Å². The average Bonchev–Trinajstić information content (AvgIpc) is 1.87. The van der Waals surface area contributed by atoms with Gasteiger partial charge in [0.1, 0.15) is 0 Å². The molecule has 0 saturated heterocycles. The summed E-state index contributed by atoms with van der Waals surface area (Å²) >= 11 is 1.78. The third-order valence-electron chi connectivity index (χ3n) is 0.357. The van der Waals surface area contributed by atoms with Gasteiger partial charge in [0.15, 0.2) is 0 Å². The predicted octanol–water partition coefficient (Wildman–Crippen LogP) is 1.14. The van der Waals surface area contributed by atoms with Crippen molar-refractivity contribution in [2.75, 3.05) is 4.43 Å². The van der Waals surface area contributed by atoms with Gasteiger partial charge in [0.2, 0.25) is 0 Å². The topological polar surface area (TPSA) is 74.6 Å². The van der Waals surface area contributed by atoms with Gasteiger partial charge in [-0.05, 0) is 0 Å². The number of aliphatic carboxylic acids is 2. The molecule has 4 nitrogen and oxygen atoms in total. The fraction of sp³-hybridized carbons (Fsp3) is 0.500. The Labute approximate surface area is 78.5 Å². The Balaban J connectivity index is 0. The van der Waals surface area contributed by atoms with E-state index in [-0.39, 0.29) is 4.43 Å². The van der Waals surface area contributed by atoms with E-state index in [2.05, 4.69) is 0 Å². The van der Waals surface area contributed by atoms with Crippen molar-refractivity contribution in [3.05, 3.63) is 0 Å². The second kappa shape index (κ2) is 6.03. The fourth-order valence-corrected chi connectivity index (χ4v) is 0. The lowest BCUT2D eigenvalue weighted by Gasteiger charge is -1.93. The number of halogens is 4. The van der Waals surface area contributed by atoms with Crippen LogP contribution in [0.5, 0.6) is 0 Å². The highest BCUT2D eigenvalue weighted by Gasteiger charge is 2.38. The van der Waals surface area contributed by atoms with Crippen molar-refractivity contribution >= 4 is 34.5 Å². The summed E-state index contributed by atoms with van der Waals surface area (Å²) in [6, 6.07) is 0. The molecular formula is C4H4F3IO4. The van der Waals surface area contributed by atoms with Gasteiger partial charge in [-0.15, -0.1) is 0 Å². The Kier molecular flexibility index (Phi) is 7.04. The smallest absolute Gasteiger partial charge is 0.481 e. The highest BCUT2D eigenvalue weighted by atomic mass is 127.